The molecule has 0 radical (unpaired) electrons. The van der Waals surface area contributed by atoms with Gasteiger partial charge in [-0.1, -0.05) is 0 Å². The minimum atomic E-state index is -0.149. The first-order valence-corrected chi connectivity index (χ1v) is 4.68. The molecule has 0 aromatic rings. The lowest BCUT2D eigenvalue weighted by atomic mass is 10.0. The molecule has 0 aromatic carbocycles. The maximum Gasteiger partial charge on any atom is 0.0873 e. The molecule has 0 saturated carbocycles. The zero-order valence-corrected chi connectivity index (χ0v) is 8.04. The molecule has 2 saturated heterocycles. The van der Waals surface area contributed by atoms with Crippen molar-refractivity contribution in [3.8, 4) is 0 Å². The number of nitrogens with zero attached hydrogens (tertiary/aromatic N) is 1. The van der Waals surface area contributed by atoms with E-state index in [4.69, 9.17) is 0 Å². The van der Waals surface area contributed by atoms with Crippen LogP contribution in [0.5, 0.6) is 0 Å². The van der Waals surface area contributed by atoms with Gasteiger partial charge in [0, 0.05) is 24.7 Å². The Morgan fingerprint density at radius 3 is 2.33 bits per heavy atom. The largest absolute Gasteiger partial charge is 0.390 e. The topological polar surface area (TPSA) is 35.5 Å². The number of rotatable bonds is 0. The summed E-state index contributed by atoms with van der Waals surface area (Å²) in [6.07, 6.45) is -0.149. The van der Waals surface area contributed by atoms with Crippen LogP contribution in [0, 0.1) is 0 Å². The molecule has 3 atom stereocenters. The smallest absolute Gasteiger partial charge is 0.0873 e. The van der Waals surface area contributed by atoms with Gasteiger partial charge in [-0.25, -0.2) is 0 Å². The zero-order chi connectivity index (χ0) is 8.93. The lowest BCUT2D eigenvalue weighted by molar-refractivity contribution is 0.0743. The van der Waals surface area contributed by atoms with Crippen LogP contribution in [-0.2, 0) is 0 Å². The van der Waals surface area contributed by atoms with Crippen LogP contribution in [0.1, 0.15) is 20.8 Å². The van der Waals surface area contributed by atoms with Gasteiger partial charge in [-0.15, -0.1) is 0 Å². The van der Waals surface area contributed by atoms with Crippen LogP contribution in [0.15, 0.2) is 0 Å². The molecular formula is C9H18N2O. The molecule has 2 aliphatic heterocycles. The molecule has 0 aliphatic carbocycles. The van der Waals surface area contributed by atoms with Crippen molar-refractivity contribution < 1.29 is 5.11 Å². The van der Waals surface area contributed by atoms with Gasteiger partial charge in [0.1, 0.15) is 0 Å². The second-order valence-electron chi connectivity index (χ2n) is 4.90. The van der Waals surface area contributed by atoms with Crippen LogP contribution in [0.2, 0.25) is 0 Å². The van der Waals surface area contributed by atoms with Crippen molar-refractivity contribution in [3.05, 3.63) is 0 Å². The summed E-state index contributed by atoms with van der Waals surface area (Å²) in [5.41, 5.74) is 0.197. The van der Waals surface area contributed by atoms with Crippen LogP contribution in [0.25, 0.3) is 0 Å². The fourth-order valence-corrected chi connectivity index (χ4v) is 2.37. The Morgan fingerprint density at radius 2 is 2.08 bits per heavy atom. The number of aliphatic hydroxyl groups excluding tert-OH is 1. The molecule has 3 unspecified atom stereocenters. The highest BCUT2D eigenvalue weighted by atomic mass is 16.3. The number of likely N-dealkylation sites (tertiary alicyclic amines) is 1. The number of aliphatic hydroxyl groups is 1. The number of hydrogen-bond donors (Lipinski definition) is 2. The average molecular weight is 170 g/mol. The quantitative estimate of drug-likeness (QED) is 0.528. The SMILES string of the molecule is CC(C)(C)N1CC2NCC1C2O. The highest BCUT2D eigenvalue weighted by molar-refractivity contribution is 5.07. The van der Waals surface area contributed by atoms with E-state index in [0.29, 0.717) is 12.1 Å². The van der Waals surface area contributed by atoms with Crippen molar-refractivity contribution in [2.24, 2.45) is 0 Å². The lowest BCUT2D eigenvalue weighted by Gasteiger charge is -2.38. The van der Waals surface area contributed by atoms with Crippen molar-refractivity contribution in [3.63, 3.8) is 0 Å². The minimum Gasteiger partial charge on any atom is -0.390 e. The first-order valence-electron chi connectivity index (χ1n) is 4.68. The Bertz CT molecular complexity index is 187. The van der Waals surface area contributed by atoms with Crippen LogP contribution in [-0.4, -0.2) is 46.8 Å². The van der Waals surface area contributed by atoms with E-state index in [1.54, 1.807) is 0 Å². The first kappa shape index (κ1) is 8.48. The van der Waals surface area contributed by atoms with Gasteiger partial charge < -0.3 is 10.4 Å². The summed E-state index contributed by atoms with van der Waals surface area (Å²) in [4.78, 5) is 2.40. The highest BCUT2D eigenvalue weighted by Crippen LogP contribution is 2.30. The van der Waals surface area contributed by atoms with Crippen LogP contribution < -0.4 is 5.32 Å². The monoisotopic (exact) mass is 170 g/mol. The third kappa shape index (κ3) is 1.08. The van der Waals surface area contributed by atoms with Gasteiger partial charge in [-0.2, -0.15) is 0 Å². The predicted octanol–water partition coefficient (Wildman–Crippen LogP) is -0.198. The standard InChI is InChI=1S/C9H18N2O/c1-9(2,3)11-5-6-8(12)7(11)4-10-6/h6-8,10,12H,4-5H2,1-3H3. The fourth-order valence-electron chi connectivity index (χ4n) is 2.37. The zero-order valence-electron chi connectivity index (χ0n) is 8.04. The second-order valence-corrected chi connectivity index (χ2v) is 4.90. The summed E-state index contributed by atoms with van der Waals surface area (Å²) in [7, 11) is 0. The molecule has 2 fully saturated rings. The Labute approximate surface area is 73.8 Å². The van der Waals surface area contributed by atoms with Crippen LogP contribution in [0.4, 0.5) is 0 Å². The summed E-state index contributed by atoms with van der Waals surface area (Å²) < 4.78 is 0. The number of nitrogens with one attached hydrogen (secondary N) is 1. The molecule has 70 valence electrons. The average Bonchev–Trinajstić information content (AvgIpc) is 2.45. The molecule has 2 bridgehead atoms. The molecule has 3 heteroatoms. The first-order chi connectivity index (χ1) is 5.50. The summed E-state index contributed by atoms with van der Waals surface area (Å²) in [6.45, 7) is 8.57. The van der Waals surface area contributed by atoms with E-state index in [-0.39, 0.29) is 11.6 Å². The van der Waals surface area contributed by atoms with E-state index < -0.39 is 0 Å². The number of hydrogen-bond acceptors (Lipinski definition) is 3. The maximum absolute atomic E-state index is 9.76. The third-order valence-electron chi connectivity index (χ3n) is 3.05. The molecule has 0 spiro atoms. The van der Waals surface area contributed by atoms with Gasteiger partial charge in [-0.05, 0) is 20.8 Å². The van der Waals surface area contributed by atoms with Gasteiger partial charge in [0.25, 0.3) is 0 Å². The van der Waals surface area contributed by atoms with Crippen molar-refractivity contribution in [2.45, 2.75) is 44.5 Å². The van der Waals surface area contributed by atoms with Crippen molar-refractivity contribution in [1.82, 2.24) is 10.2 Å². The Balaban J connectivity index is 2.14. The Kier molecular flexibility index (Phi) is 1.72. The molecule has 3 nitrogen and oxygen atoms in total. The van der Waals surface area contributed by atoms with Crippen LogP contribution >= 0.6 is 0 Å². The van der Waals surface area contributed by atoms with Crippen molar-refractivity contribution in [1.29, 1.82) is 0 Å². The van der Waals surface area contributed by atoms with E-state index in [9.17, 15) is 5.11 Å². The molecule has 2 rings (SSSR count). The molecule has 0 aromatic heterocycles. The highest BCUT2D eigenvalue weighted by Gasteiger charge is 2.49. The summed E-state index contributed by atoms with van der Waals surface area (Å²) in [5, 5.41) is 13.1. The van der Waals surface area contributed by atoms with Gasteiger partial charge >= 0.3 is 0 Å². The molecular weight excluding hydrogens is 152 g/mol. The summed E-state index contributed by atoms with van der Waals surface area (Å²) in [6, 6.07) is 0.657. The van der Waals surface area contributed by atoms with Crippen molar-refractivity contribution >= 4 is 0 Å². The van der Waals surface area contributed by atoms with E-state index in [1.165, 1.54) is 0 Å². The van der Waals surface area contributed by atoms with Crippen molar-refractivity contribution in [2.75, 3.05) is 13.1 Å². The molecule has 12 heavy (non-hydrogen) atoms. The van der Waals surface area contributed by atoms with E-state index in [2.05, 4.69) is 31.0 Å². The maximum atomic E-state index is 9.76. The minimum absolute atomic E-state index is 0.149. The lowest BCUT2D eigenvalue weighted by Crippen LogP contribution is -2.52. The fraction of sp³-hybridized carbons (Fsp3) is 1.00. The predicted molar refractivity (Wildman–Crippen MR) is 48.0 cm³/mol. The van der Waals surface area contributed by atoms with Gasteiger partial charge in [-0.3, -0.25) is 4.90 Å². The van der Waals surface area contributed by atoms with Gasteiger partial charge in [0.15, 0.2) is 0 Å². The number of fused-ring (bicyclic) bond motifs is 2. The van der Waals surface area contributed by atoms with E-state index in [0.717, 1.165) is 13.1 Å². The van der Waals surface area contributed by atoms with Crippen LogP contribution in [0.3, 0.4) is 0 Å². The normalized spacial score (nSPS) is 42.5. The summed E-state index contributed by atoms with van der Waals surface area (Å²) in [5.74, 6) is 0. The molecule has 2 heterocycles. The molecule has 0 amide bonds. The van der Waals surface area contributed by atoms with Gasteiger partial charge in [0.05, 0.1) is 12.1 Å². The molecule has 2 aliphatic rings. The van der Waals surface area contributed by atoms with E-state index in [1.807, 2.05) is 0 Å². The Morgan fingerprint density at radius 1 is 1.42 bits per heavy atom. The third-order valence-corrected chi connectivity index (χ3v) is 3.05. The molecule has 2 N–H and O–H groups in total. The van der Waals surface area contributed by atoms with E-state index >= 15 is 0 Å². The Hall–Kier alpha value is -0.120. The summed E-state index contributed by atoms with van der Waals surface area (Å²) >= 11 is 0. The van der Waals surface area contributed by atoms with Gasteiger partial charge in [0.2, 0.25) is 0 Å². The second kappa shape index (κ2) is 2.44. The number of piperazine rings is 1.